The molecule has 1 saturated carbocycles. The second kappa shape index (κ2) is 4.57. The molecule has 0 unspecified atom stereocenters. The summed E-state index contributed by atoms with van der Waals surface area (Å²) in [6.07, 6.45) is 1.59. The normalized spacial score (nSPS) is 16.1. The van der Waals surface area contributed by atoms with Crippen LogP contribution in [0.3, 0.4) is 0 Å². The standard InChI is InChI=1S/C16H12BrFO/c17-13-8-4-7-12(14(13)18)15(19)16(9-10-16)11-5-2-1-3-6-11/h1-8H,9-10H2. The van der Waals surface area contributed by atoms with Crippen LogP contribution < -0.4 is 0 Å². The molecule has 0 bridgehead atoms. The number of halogens is 2. The quantitative estimate of drug-likeness (QED) is 0.761. The molecule has 0 amide bonds. The van der Waals surface area contributed by atoms with Crippen molar-refractivity contribution >= 4 is 21.7 Å². The van der Waals surface area contributed by atoms with Gasteiger partial charge in [-0.15, -0.1) is 0 Å². The molecule has 0 radical (unpaired) electrons. The molecule has 19 heavy (non-hydrogen) atoms. The largest absolute Gasteiger partial charge is 0.293 e. The number of benzene rings is 2. The fraction of sp³-hybridized carbons (Fsp3) is 0.188. The van der Waals surface area contributed by atoms with E-state index in [0.717, 1.165) is 18.4 Å². The smallest absolute Gasteiger partial charge is 0.176 e. The molecule has 0 saturated heterocycles. The van der Waals surface area contributed by atoms with E-state index in [4.69, 9.17) is 0 Å². The molecule has 1 aliphatic rings. The van der Waals surface area contributed by atoms with Crippen molar-refractivity contribution in [3.63, 3.8) is 0 Å². The molecule has 3 rings (SSSR count). The van der Waals surface area contributed by atoms with Gasteiger partial charge in [-0.25, -0.2) is 4.39 Å². The van der Waals surface area contributed by atoms with E-state index in [1.807, 2.05) is 30.3 Å². The van der Waals surface area contributed by atoms with Gasteiger partial charge in [0.2, 0.25) is 0 Å². The lowest BCUT2D eigenvalue weighted by Crippen LogP contribution is -2.21. The van der Waals surface area contributed by atoms with Crippen LogP contribution in [0, 0.1) is 5.82 Å². The van der Waals surface area contributed by atoms with E-state index in [9.17, 15) is 9.18 Å². The maximum atomic E-state index is 14.1. The fourth-order valence-electron chi connectivity index (χ4n) is 2.47. The van der Waals surface area contributed by atoms with Crippen molar-refractivity contribution in [2.75, 3.05) is 0 Å². The number of hydrogen-bond donors (Lipinski definition) is 0. The van der Waals surface area contributed by atoms with Crippen molar-refractivity contribution < 1.29 is 9.18 Å². The Labute approximate surface area is 119 Å². The highest BCUT2D eigenvalue weighted by Crippen LogP contribution is 2.50. The highest BCUT2D eigenvalue weighted by atomic mass is 79.9. The van der Waals surface area contributed by atoms with Crippen LogP contribution in [0.1, 0.15) is 28.8 Å². The number of Topliss-reactive ketones (excluding diaryl/α,β-unsaturated/α-hetero) is 1. The molecule has 2 aromatic carbocycles. The number of carbonyl (C=O) groups excluding carboxylic acids is 1. The minimum Gasteiger partial charge on any atom is -0.293 e. The Hall–Kier alpha value is -1.48. The summed E-state index contributed by atoms with van der Waals surface area (Å²) in [4.78, 5) is 12.6. The van der Waals surface area contributed by atoms with Gasteiger partial charge in [-0.05, 0) is 46.5 Å². The van der Waals surface area contributed by atoms with Gasteiger partial charge in [0.1, 0.15) is 5.82 Å². The van der Waals surface area contributed by atoms with Crippen molar-refractivity contribution in [3.8, 4) is 0 Å². The van der Waals surface area contributed by atoms with Crippen LogP contribution in [0.4, 0.5) is 4.39 Å². The molecule has 0 N–H and O–H groups in total. The maximum Gasteiger partial charge on any atom is 0.176 e. The molecule has 0 aromatic heterocycles. The molecule has 2 aromatic rings. The third-order valence-corrected chi connectivity index (χ3v) is 4.32. The summed E-state index contributed by atoms with van der Waals surface area (Å²) in [7, 11) is 0. The van der Waals surface area contributed by atoms with Gasteiger partial charge in [0, 0.05) is 0 Å². The Bertz CT molecular complexity index is 632. The lowest BCUT2D eigenvalue weighted by atomic mass is 9.87. The Morgan fingerprint density at radius 2 is 1.74 bits per heavy atom. The number of hydrogen-bond acceptors (Lipinski definition) is 1. The van der Waals surface area contributed by atoms with Crippen LogP contribution in [0.2, 0.25) is 0 Å². The third kappa shape index (κ3) is 2.02. The van der Waals surface area contributed by atoms with Crippen LogP contribution in [-0.2, 0) is 5.41 Å². The molecular weight excluding hydrogens is 307 g/mol. The first-order valence-corrected chi connectivity index (χ1v) is 6.99. The van der Waals surface area contributed by atoms with Gasteiger partial charge in [-0.2, -0.15) is 0 Å². The van der Waals surface area contributed by atoms with Gasteiger partial charge in [0.05, 0.1) is 15.5 Å². The van der Waals surface area contributed by atoms with E-state index in [1.165, 1.54) is 0 Å². The minimum atomic E-state index is -0.511. The summed E-state index contributed by atoms with van der Waals surface area (Å²) in [5.74, 6) is -0.577. The highest BCUT2D eigenvalue weighted by Gasteiger charge is 2.51. The third-order valence-electron chi connectivity index (χ3n) is 3.71. The summed E-state index contributed by atoms with van der Waals surface area (Å²) in [5, 5.41) is 0. The van der Waals surface area contributed by atoms with Crippen molar-refractivity contribution in [2.45, 2.75) is 18.3 Å². The van der Waals surface area contributed by atoms with Crippen molar-refractivity contribution in [2.24, 2.45) is 0 Å². The molecule has 0 heterocycles. The van der Waals surface area contributed by atoms with Crippen LogP contribution >= 0.6 is 15.9 Å². The average molecular weight is 319 g/mol. The zero-order valence-electron chi connectivity index (χ0n) is 10.2. The summed E-state index contributed by atoms with van der Waals surface area (Å²) in [5.41, 5.74) is 0.651. The van der Waals surface area contributed by atoms with Gasteiger partial charge in [-0.3, -0.25) is 4.79 Å². The Kier molecular flexibility index (Phi) is 3.02. The van der Waals surface area contributed by atoms with E-state index in [-0.39, 0.29) is 11.3 Å². The topological polar surface area (TPSA) is 17.1 Å². The molecule has 96 valence electrons. The zero-order chi connectivity index (χ0) is 13.5. The Balaban J connectivity index is 2.03. The van der Waals surface area contributed by atoms with E-state index in [0.29, 0.717) is 4.47 Å². The van der Waals surface area contributed by atoms with Crippen LogP contribution in [0.5, 0.6) is 0 Å². The van der Waals surface area contributed by atoms with E-state index in [2.05, 4.69) is 15.9 Å². The maximum absolute atomic E-state index is 14.1. The molecular formula is C16H12BrFO. The summed E-state index contributed by atoms with van der Waals surface area (Å²) < 4.78 is 14.4. The molecule has 0 atom stereocenters. The molecule has 0 spiro atoms. The monoisotopic (exact) mass is 318 g/mol. The number of ketones is 1. The molecule has 0 aliphatic heterocycles. The van der Waals surface area contributed by atoms with E-state index >= 15 is 0 Å². The van der Waals surface area contributed by atoms with Crippen LogP contribution in [0.15, 0.2) is 53.0 Å². The Morgan fingerprint density at radius 3 is 2.37 bits per heavy atom. The van der Waals surface area contributed by atoms with Crippen molar-refractivity contribution in [3.05, 3.63) is 69.9 Å². The highest BCUT2D eigenvalue weighted by molar-refractivity contribution is 9.10. The predicted molar refractivity (Wildman–Crippen MR) is 75.8 cm³/mol. The lowest BCUT2D eigenvalue weighted by Gasteiger charge is -2.15. The van der Waals surface area contributed by atoms with Crippen LogP contribution in [-0.4, -0.2) is 5.78 Å². The fourth-order valence-corrected chi connectivity index (χ4v) is 2.83. The van der Waals surface area contributed by atoms with Crippen molar-refractivity contribution in [1.29, 1.82) is 0 Å². The number of rotatable bonds is 3. The van der Waals surface area contributed by atoms with Gasteiger partial charge >= 0.3 is 0 Å². The minimum absolute atomic E-state index is 0.113. The SMILES string of the molecule is O=C(c1cccc(Br)c1F)C1(c2ccccc2)CC1. The molecule has 1 nitrogen and oxygen atoms in total. The average Bonchev–Trinajstić information content (AvgIpc) is 3.24. The molecule has 1 aliphatic carbocycles. The predicted octanol–water partition coefficient (Wildman–Crippen LogP) is 4.50. The van der Waals surface area contributed by atoms with E-state index in [1.54, 1.807) is 18.2 Å². The number of carbonyl (C=O) groups is 1. The van der Waals surface area contributed by atoms with Gasteiger partial charge in [-0.1, -0.05) is 36.4 Å². The van der Waals surface area contributed by atoms with Crippen molar-refractivity contribution in [1.82, 2.24) is 0 Å². The first-order chi connectivity index (χ1) is 9.15. The molecule has 3 heteroatoms. The van der Waals surface area contributed by atoms with Gasteiger partial charge in [0.25, 0.3) is 0 Å². The lowest BCUT2D eigenvalue weighted by molar-refractivity contribution is 0.0942. The van der Waals surface area contributed by atoms with Gasteiger partial charge in [0.15, 0.2) is 5.78 Å². The Morgan fingerprint density at radius 1 is 1.05 bits per heavy atom. The van der Waals surface area contributed by atoms with E-state index < -0.39 is 11.2 Å². The molecule has 1 fully saturated rings. The zero-order valence-corrected chi connectivity index (χ0v) is 11.8. The summed E-state index contributed by atoms with van der Waals surface area (Å²) in [6, 6.07) is 14.5. The second-order valence-corrected chi connectivity index (χ2v) is 5.73. The summed E-state index contributed by atoms with van der Waals surface area (Å²) in [6.45, 7) is 0. The first-order valence-electron chi connectivity index (χ1n) is 6.19. The summed E-state index contributed by atoms with van der Waals surface area (Å²) >= 11 is 3.13. The van der Waals surface area contributed by atoms with Gasteiger partial charge < -0.3 is 0 Å². The first kappa shape index (κ1) is 12.5. The van der Waals surface area contributed by atoms with Crippen LogP contribution in [0.25, 0.3) is 0 Å². The second-order valence-electron chi connectivity index (χ2n) is 4.88.